The Labute approximate surface area is 222 Å². The first-order valence-electron chi connectivity index (χ1n) is 13.4. The maximum absolute atomic E-state index is 14.0. The number of hydrogen-bond acceptors (Lipinski definition) is 4. The minimum absolute atomic E-state index is 0.181. The van der Waals surface area contributed by atoms with E-state index in [0.717, 1.165) is 45.4 Å². The van der Waals surface area contributed by atoms with Crippen molar-refractivity contribution in [2.24, 2.45) is 4.99 Å². The van der Waals surface area contributed by atoms with Crippen LogP contribution in [0.25, 0.3) is 0 Å². The van der Waals surface area contributed by atoms with Crippen LogP contribution >= 0.6 is 0 Å². The molecule has 0 bridgehead atoms. The fourth-order valence-corrected chi connectivity index (χ4v) is 6.44. The highest BCUT2D eigenvalue weighted by Gasteiger charge is 2.50. The first-order chi connectivity index (χ1) is 18.4. The van der Waals surface area contributed by atoms with Crippen molar-refractivity contribution in [1.29, 1.82) is 0 Å². The average Bonchev–Trinajstić information content (AvgIpc) is 3.41. The second-order valence-corrected chi connectivity index (χ2v) is 10.7. The first-order valence-corrected chi connectivity index (χ1v) is 13.4. The van der Waals surface area contributed by atoms with Crippen LogP contribution in [0.3, 0.4) is 0 Å². The van der Waals surface area contributed by atoms with Gasteiger partial charge in [0.15, 0.2) is 5.54 Å². The third-order valence-corrected chi connectivity index (χ3v) is 8.58. The summed E-state index contributed by atoms with van der Waals surface area (Å²) in [5.41, 5.74) is 2.76. The molecule has 3 aliphatic rings. The van der Waals surface area contributed by atoms with E-state index >= 15 is 0 Å². The second kappa shape index (κ2) is 9.62. The third kappa shape index (κ3) is 4.09. The van der Waals surface area contributed by atoms with Crippen LogP contribution in [0.15, 0.2) is 77.8 Å². The van der Waals surface area contributed by atoms with Gasteiger partial charge in [-0.1, -0.05) is 42.5 Å². The molecule has 3 aromatic carbocycles. The van der Waals surface area contributed by atoms with Crippen LogP contribution in [-0.4, -0.2) is 54.3 Å². The minimum atomic E-state index is -1.34. The number of fused-ring (bicyclic) bond motifs is 2. The van der Waals surface area contributed by atoms with Gasteiger partial charge < -0.3 is 10.2 Å². The summed E-state index contributed by atoms with van der Waals surface area (Å²) in [7, 11) is 0. The van der Waals surface area contributed by atoms with Gasteiger partial charge in [0.1, 0.15) is 17.5 Å². The van der Waals surface area contributed by atoms with Crippen molar-refractivity contribution in [1.82, 2.24) is 9.80 Å². The highest BCUT2D eigenvalue weighted by Crippen LogP contribution is 2.44. The zero-order chi connectivity index (χ0) is 26.3. The Morgan fingerprint density at radius 2 is 1.47 bits per heavy atom. The Kier molecular flexibility index (Phi) is 6.26. The summed E-state index contributed by atoms with van der Waals surface area (Å²) in [5.74, 6) is -0.327. The molecule has 6 rings (SSSR count). The normalized spacial score (nSPS) is 19.9. The number of nitrogens with zero attached hydrogens (tertiary/aromatic N) is 3. The summed E-state index contributed by atoms with van der Waals surface area (Å²) in [5, 5.41) is 3.59. The predicted octanol–water partition coefficient (Wildman–Crippen LogP) is 5.32. The van der Waals surface area contributed by atoms with E-state index in [0.29, 0.717) is 23.5 Å². The zero-order valence-corrected chi connectivity index (χ0v) is 21.6. The van der Waals surface area contributed by atoms with E-state index in [1.165, 1.54) is 35.5 Å². The number of hydrogen-bond donors (Lipinski definition) is 1. The van der Waals surface area contributed by atoms with Crippen molar-refractivity contribution in [3.63, 3.8) is 0 Å². The molecule has 0 radical (unpaired) electrons. The van der Waals surface area contributed by atoms with E-state index in [1.54, 1.807) is 29.2 Å². The van der Waals surface area contributed by atoms with Crippen molar-refractivity contribution < 1.29 is 13.6 Å². The van der Waals surface area contributed by atoms with Crippen molar-refractivity contribution in [3.05, 3.63) is 101 Å². The van der Waals surface area contributed by atoms with Gasteiger partial charge in [-0.05, 0) is 92.8 Å². The molecule has 0 aliphatic carbocycles. The average molecular weight is 515 g/mol. The molecule has 3 aromatic rings. The number of aliphatic imine (C=N–C) groups is 1. The molecule has 1 saturated heterocycles. The molecule has 0 aromatic heterocycles. The number of likely N-dealkylation sites (tertiary alicyclic amines) is 1. The summed E-state index contributed by atoms with van der Waals surface area (Å²) >= 11 is 0. The van der Waals surface area contributed by atoms with Crippen LogP contribution in [0.4, 0.5) is 14.5 Å². The van der Waals surface area contributed by atoms with Crippen molar-refractivity contribution in [2.75, 3.05) is 38.0 Å². The molecule has 38 heavy (non-hydrogen) atoms. The Balaban J connectivity index is 1.14. The van der Waals surface area contributed by atoms with E-state index in [2.05, 4.69) is 34.5 Å². The largest absolute Gasteiger partial charge is 0.384 e. The molecule has 1 fully saturated rings. The van der Waals surface area contributed by atoms with Gasteiger partial charge >= 0.3 is 0 Å². The van der Waals surface area contributed by atoms with Crippen LogP contribution in [0, 0.1) is 11.6 Å². The SMILES string of the molecule is CC1=NC(c2ccc(F)cc2)(c2ccc(F)cc2)C(=O)N1CCCN1CCC2(CC1)CNc1ccccc12. The van der Waals surface area contributed by atoms with Crippen molar-refractivity contribution >= 4 is 17.4 Å². The first kappa shape index (κ1) is 24.7. The number of carbonyl (C=O) groups excluding carboxylic acids is 1. The number of anilines is 1. The highest BCUT2D eigenvalue weighted by molar-refractivity contribution is 6.09. The number of halogens is 2. The summed E-state index contributed by atoms with van der Waals surface area (Å²) in [6, 6.07) is 20.4. The summed E-state index contributed by atoms with van der Waals surface area (Å²) in [6.07, 6.45) is 3.07. The summed E-state index contributed by atoms with van der Waals surface area (Å²) in [6.45, 7) is 6.36. The number of benzene rings is 3. The predicted molar refractivity (Wildman–Crippen MR) is 145 cm³/mol. The van der Waals surface area contributed by atoms with Crippen LogP contribution in [-0.2, 0) is 15.7 Å². The molecule has 1 spiro atoms. The van der Waals surface area contributed by atoms with Crippen molar-refractivity contribution in [3.8, 4) is 0 Å². The zero-order valence-electron chi connectivity index (χ0n) is 21.6. The topological polar surface area (TPSA) is 47.9 Å². The molecule has 0 unspecified atom stereocenters. The molecule has 196 valence electrons. The fourth-order valence-electron chi connectivity index (χ4n) is 6.44. The van der Waals surface area contributed by atoms with Crippen LogP contribution in [0.5, 0.6) is 0 Å². The molecule has 0 atom stereocenters. The lowest BCUT2D eigenvalue weighted by Crippen LogP contribution is -2.45. The molecule has 5 nitrogen and oxygen atoms in total. The Morgan fingerprint density at radius 1 is 0.868 bits per heavy atom. The monoisotopic (exact) mass is 514 g/mol. The van der Waals surface area contributed by atoms with Crippen LogP contribution in [0.1, 0.15) is 42.9 Å². The lowest BCUT2D eigenvalue weighted by molar-refractivity contribution is -0.130. The smallest absolute Gasteiger partial charge is 0.265 e. The van der Waals surface area contributed by atoms with Crippen molar-refractivity contribution in [2.45, 2.75) is 37.1 Å². The number of amidine groups is 1. The fraction of sp³-hybridized carbons (Fsp3) is 0.355. The Hall–Kier alpha value is -3.58. The molecule has 3 aliphatic heterocycles. The molecule has 1 N–H and O–H groups in total. The number of para-hydroxylation sites is 1. The van der Waals surface area contributed by atoms with Gasteiger partial charge in [-0.15, -0.1) is 0 Å². The van der Waals surface area contributed by atoms with Gasteiger partial charge in [-0.2, -0.15) is 0 Å². The maximum Gasteiger partial charge on any atom is 0.265 e. The molecular weight excluding hydrogens is 482 g/mol. The third-order valence-electron chi connectivity index (χ3n) is 8.58. The van der Waals surface area contributed by atoms with Crippen LogP contribution < -0.4 is 5.32 Å². The Bertz CT molecular complexity index is 1320. The van der Waals surface area contributed by atoms with Gasteiger partial charge in [0.2, 0.25) is 0 Å². The maximum atomic E-state index is 14.0. The number of piperidine rings is 1. The van der Waals surface area contributed by atoms with Crippen LogP contribution in [0.2, 0.25) is 0 Å². The summed E-state index contributed by atoms with van der Waals surface area (Å²) < 4.78 is 27.5. The standard InChI is InChI=1S/C31H32F2N4O/c1-22-35-31(23-7-11-25(32)12-8-23,24-9-13-26(33)14-10-24)29(38)37(22)18-4-17-36-19-15-30(16-20-36)21-34-28-6-3-2-5-27(28)30/h2-3,5-14,34H,4,15-21H2,1H3. The van der Waals surface area contributed by atoms with Gasteiger partial charge in [0.25, 0.3) is 5.91 Å². The van der Waals surface area contributed by atoms with E-state index in [9.17, 15) is 13.6 Å². The minimum Gasteiger partial charge on any atom is -0.384 e. The van der Waals surface area contributed by atoms with Gasteiger partial charge in [0, 0.05) is 24.2 Å². The van der Waals surface area contributed by atoms with E-state index < -0.39 is 5.54 Å². The van der Waals surface area contributed by atoms with Gasteiger partial charge in [-0.25, -0.2) is 13.8 Å². The summed E-state index contributed by atoms with van der Waals surface area (Å²) in [4.78, 5) is 23.0. The molecular formula is C31H32F2N4O. The van der Waals surface area contributed by atoms with E-state index in [4.69, 9.17) is 4.99 Å². The van der Waals surface area contributed by atoms with Gasteiger partial charge in [-0.3, -0.25) is 9.69 Å². The number of amides is 1. The highest BCUT2D eigenvalue weighted by atomic mass is 19.1. The Morgan fingerprint density at radius 3 is 2.11 bits per heavy atom. The molecule has 0 saturated carbocycles. The quantitative estimate of drug-likeness (QED) is 0.485. The van der Waals surface area contributed by atoms with E-state index in [-0.39, 0.29) is 23.0 Å². The lowest BCUT2D eigenvalue weighted by Gasteiger charge is -2.39. The second-order valence-electron chi connectivity index (χ2n) is 10.7. The lowest BCUT2D eigenvalue weighted by atomic mass is 9.74. The molecule has 1 amide bonds. The number of nitrogens with one attached hydrogen (secondary N) is 1. The van der Waals surface area contributed by atoms with Gasteiger partial charge in [0.05, 0.1) is 0 Å². The number of rotatable bonds is 6. The number of carbonyl (C=O) groups is 1. The molecule has 7 heteroatoms. The van der Waals surface area contributed by atoms with E-state index in [1.807, 2.05) is 6.92 Å². The molecule has 3 heterocycles.